The van der Waals surface area contributed by atoms with E-state index < -0.39 is 9.84 Å². The second-order valence-corrected chi connectivity index (χ2v) is 10.6. The van der Waals surface area contributed by atoms with Gasteiger partial charge in [-0.15, -0.1) is 11.3 Å². The van der Waals surface area contributed by atoms with Gasteiger partial charge in [-0.25, -0.2) is 18.4 Å². The molecule has 0 saturated carbocycles. The molecule has 0 radical (unpaired) electrons. The monoisotopic (exact) mass is 462 g/mol. The molecule has 32 heavy (non-hydrogen) atoms. The predicted molar refractivity (Wildman–Crippen MR) is 126 cm³/mol. The molecule has 0 aliphatic rings. The van der Waals surface area contributed by atoms with Crippen LogP contribution in [-0.2, 0) is 9.84 Å². The second kappa shape index (κ2) is 7.85. The Hall–Kier alpha value is -3.56. The Labute approximate surface area is 188 Å². The zero-order valence-electron chi connectivity index (χ0n) is 17.2. The number of aromatic amines is 1. The SMILES string of the molecule is COc1cccc(-c2[nH]ncc2-c2ccc3ncnc(-c4ccc(S(C)(=O)=O)s4)c3c2)c1. The van der Waals surface area contributed by atoms with Crippen LogP contribution in [0.25, 0.3) is 43.9 Å². The van der Waals surface area contributed by atoms with Gasteiger partial charge in [0.15, 0.2) is 9.84 Å². The number of thiophene rings is 1. The number of methoxy groups -OCH3 is 1. The molecule has 3 heterocycles. The van der Waals surface area contributed by atoms with Crippen LogP contribution >= 0.6 is 11.3 Å². The molecule has 160 valence electrons. The van der Waals surface area contributed by atoms with Gasteiger partial charge in [-0.2, -0.15) is 5.10 Å². The molecule has 1 N–H and O–H groups in total. The highest BCUT2D eigenvalue weighted by molar-refractivity contribution is 7.92. The minimum Gasteiger partial charge on any atom is -0.497 e. The quantitative estimate of drug-likeness (QED) is 0.402. The second-order valence-electron chi connectivity index (χ2n) is 7.24. The maximum Gasteiger partial charge on any atom is 0.184 e. The topological polar surface area (TPSA) is 97.8 Å². The number of nitrogens with one attached hydrogen (secondary N) is 1. The molecule has 5 aromatic rings. The first kappa shape index (κ1) is 20.3. The average molecular weight is 463 g/mol. The fourth-order valence-corrected chi connectivity index (χ4v) is 5.51. The Balaban J connectivity index is 1.65. The van der Waals surface area contributed by atoms with Gasteiger partial charge >= 0.3 is 0 Å². The molecule has 0 saturated heterocycles. The molecule has 5 rings (SSSR count). The van der Waals surface area contributed by atoms with Crippen molar-refractivity contribution in [2.45, 2.75) is 4.21 Å². The zero-order valence-corrected chi connectivity index (χ0v) is 18.9. The van der Waals surface area contributed by atoms with E-state index in [1.165, 1.54) is 23.9 Å². The van der Waals surface area contributed by atoms with Gasteiger partial charge in [0.25, 0.3) is 0 Å². The maximum atomic E-state index is 11.9. The summed E-state index contributed by atoms with van der Waals surface area (Å²) in [5.41, 5.74) is 5.18. The summed E-state index contributed by atoms with van der Waals surface area (Å²) in [6, 6.07) is 17.1. The lowest BCUT2D eigenvalue weighted by Gasteiger charge is -2.08. The van der Waals surface area contributed by atoms with Gasteiger partial charge in [0, 0.05) is 22.8 Å². The van der Waals surface area contributed by atoms with Crippen molar-refractivity contribution in [3.8, 4) is 38.7 Å². The van der Waals surface area contributed by atoms with Crippen LogP contribution in [0.2, 0.25) is 0 Å². The molecule has 0 amide bonds. The Morgan fingerprint density at radius 3 is 2.66 bits per heavy atom. The number of rotatable bonds is 5. The Morgan fingerprint density at radius 2 is 1.88 bits per heavy atom. The fourth-order valence-electron chi connectivity index (χ4n) is 3.57. The standard InChI is InChI=1S/C23H18N4O3S2/c1-30-16-5-3-4-15(10-16)22-18(12-26-27-22)14-6-7-19-17(11-14)23(25-13-24-19)20-8-9-21(31-20)32(2,28)29/h3-13H,1-2H3,(H,26,27). The molecule has 9 heteroatoms. The van der Waals surface area contributed by atoms with Crippen LogP contribution < -0.4 is 4.74 Å². The highest BCUT2D eigenvalue weighted by atomic mass is 32.2. The molecule has 0 aliphatic heterocycles. The van der Waals surface area contributed by atoms with Gasteiger partial charge in [0.05, 0.1) is 35.1 Å². The van der Waals surface area contributed by atoms with Crippen LogP contribution in [0.15, 0.2) is 71.3 Å². The molecule has 0 fully saturated rings. The first-order chi connectivity index (χ1) is 15.4. The Morgan fingerprint density at radius 1 is 1.00 bits per heavy atom. The lowest BCUT2D eigenvalue weighted by Crippen LogP contribution is -1.92. The van der Waals surface area contributed by atoms with Crippen molar-refractivity contribution in [3.05, 3.63) is 67.1 Å². The van der Waals surface area contributed by atoms with Gasteiger partial charge in [0.2, 0.25) is 0 Å². The average Bonchev–Trinajstić information content (AvgIpc) is 3.48. The van der Waals surface area contributed by atoms with Crippen molar-refractivity contribution < 1.29 is 13.2 Å². The molecular formula is C23H18N4O3S2. The number of hydrogen-bond donors (Lipinski definition) is 1. The van der Waals surface area contributed by atoms with E-state index in [0.29, 0.717) is 9.90 Å². The highest BCUT2D eigenvalue weighted by Crippen LogP contribution is 2.37. The van der Waals surface area contributed by atoms with Gasteiger partial charge in [0.1, 0.15) is 16.3 Å². The largest absolute Gasteiger partial charge is 0.497 e. The van der Waals surface area contributed by atoms with E-state index in [2.05, 4.69) is 20.2 Å². The maximum absolute atomic E-state index is 11.9. The highest BCUT2D eigenvalue weighted by Gasteiger charge is 2.16. The van der Waals surface area contributed by atoms with Crippen LogP contribution in [-0.4, -0.2) is 41.9 Å². The predicted octanol–water partition coefficient (Wildman–Crippen LogP) is 4.83. The van der Waals surface area contributed by atoms with Crippen molar-refractivity contribution in [3.63, 3.8) is 0 Å². The summed E-state index contributed by atoms with van der Waals surface area (Å²) in [6.07, 6.45) is 4.49. The van der Waals surface area contributed by atoms with Crippen molar-refractivity contribution in [1.29, 1.82) is 0 Å². The lowest BCUT2D eigenvalue weighted by atomic mass is 9.99. The normalized spacial score (nSPS) is 11.7. The molecule has 0 bridgehead atoms. The van der Waals surface area contributed by atoms with E-state index in [4.69, 9.17) is 4.74 Å². The van der Waals surface area contributed by atoms with E-state index >= 15 is 0 Å². The van der Waals surface area contributed by atoms with Gasteiger partial charge in [-0.05, 0) is 42.0 Å². The summed E-state index contributed by atoms with van der Waals surface area (Å²) in [4.78, 5) is 9.62. The summed E-state index contributed by atoms with van der Waals surface area (Å²) in [6.45, 7) is 0. The number of hydrogen-bond acceptors (Lipinski definition) is 7. The minimum atomic E-state index is -3.28. The number of aromatic nitrogens is 4. The number of benzene rings is 2. The van der Waals surface area contributed by atoms with Gasteiger partial charge in [-0.3, -0.25) is 5.10 Å². The minimum absolute atomic E-state index is 0.311. The number of fused-ring (bicyclic) bond motifs is 1. The molecule has 0 atom stereocenters. The summed E-state index contributed by atoms with van der Waals surface area (Å²) < 4.78 is 29.5. The third-order valence-electron chi connectivity index (χ3n) is 5.12. The smallest absolute Gasteiger partial charge is 0.184 e. The summed E-state index contributed by atoms with van der Waals surface area (Å²) >= 11 is 1.20. The van der Waals surface area contributed by atoms with Crippen LogP contribution in [0.5, 0.6) is 5.75 Å². The van der Waals surface area contributed by atoms with Crippen molar-refractivity contribution in [2.24, 2.45) is 0 Å². The van der Waals surface area contributed by atoms with E-state index in [1.54, 1.807) is 25.4 Å². The molecule has 0 spiro atoms. The molecular weight excluding hydrogens is 444 g/mol. The van der Waals surface area contributed by atoms with Gasteiger partial charge in [-0.1, -0.05) is 18.2 Å². The Kier molecular flexibility index (Phi) is 4.99. The third kappa shape index (κ3) is 3.65. The summed E-state index contributed by atoms with van der Waals surface area (Å²) in [5.74, 6) is 0.761. The third-order valence-corrected chi connectivity index (χ3v) is 8.04. The molecule has 0 unspecified atom stereocenters. The first-order valence-electron chi connectivity index (χ1n) is 9.67. The summed E-state index contributed by atoms with van der Waals surface area (Å²) in [5, 5.41) is 8.18. The number of nitrogens with zero attached hydrogens (tertiary/aromatic N) is 3. The van der Waals surface area contributed by atoms with Crippen molar-refractivity contribution in [2.75, 3.05) is 13.4 Å². The zero-order chi connectivity index (χ0) is 22.3. The van der Waals surface area contributed by atoms with E-state index in [0.717, 1.165) is 43.9 Å². The van der Waals surface area contributed by atoms with Crippen molar-refractivity contribution in [1.82, 2.24) is 20.2 Å². The van der Waals surface area contributed by atoms with E-state index in [9.17, 15) is 8.42 Å². The van der Waals surface area contributed by atoms with Crippen molar-refractivity contribution >= 4 is 32.1 Å². The number of sulfone groups is 1. The fraction of sp³-hybridized carbons (Fsp3) is 0.0870. The van der Waals surface area contributed by atoms with Crippen LogP contribution in [0.3, 0.4) is 0 Å². The molecule has 3 aromatic heterocycles. The first-order valence-corrected chi connectivity index (χ1v) is 12.4. The molecule has 2 aromatic carbocycles. The lowest BCUT2D eigenvalue weighted by molar-refractivity contribution is 0.415. The van der Waals surface area contributed by atoms with Crippen LogP contribution in [0.1, 0.15) is 0 Å². The van der Waals surface area contributed by atoms with E-state index in [-0.39, 0.29) is 0 Å². The number of ether oxygens (including phenoxy) is 1. The summed E-state index contributed by atoms with van der Waals surface area (Å²) in [7, 11) is -1.64. The Bertz CT molecular complexity index is 1550. The van der Waals surface area contributed by atoms with Crippen LogP contribution in [0, 0.1) is 0 Å². The van der Waals surface area contributed by atoms with Crippen LogP contribution in [0.4, 0.5) is 0 Å². The van der Waals surface area contributed by atoms with E-state index in [1.807, 2.05) is 42.5 Å². The molecule has 7 nitrogen and oxygen atoms in total. The number of H-pyrrole nitrogens is 1. The molecule has 0 aliphatic carbocycles. The van der Waals surface area contributed by atoms with Gasteiger partial charge < -0.3 is 4.74 Å².